The summed E-state index contributed by atoms with van der Waals surface area (Å²) < 4.78 is 15.0. The predicted molar refractivity (Wildman–Crippen MR) is 76.6 cm³/mol. The van der Waals surface area contributed by atoms with Crippen LogP contribution in [0, 0.1) is 6.61 Å². The Bertz CT molecular complexity index is 261. The molecule has 0 aliphatic heterocycles. The smallest absolute Gasteiger partial charge is 0.281 e. The molecule has 0 bridgehead atoms. The van der Waals surface area contributed by atoms with E-state index in [1.807, 2.05) is 0 Å². The van der Waals surface area contributed by atoms with E-state index >= 15 is 0 Å². The summed E-state index contributed by atoms with van der Waals surface area (Å²) in [7, 11) is 1.70. The third kappa shape index (κ3) is 42.7. The van der Waals surface area contributed by atoms with Crippen molar-refractivity contribution in [2.45, 2.75) is 12.8 Å². The van der Waals surface area contributed by atoms with E-state index in [1.165, 1.54) is 0 Å². The summed E-state index contributed by atoms with van der Waals surface area (Å²) >= 11 is 0. The molecule has 0 N–H and O–H groups in total. The van der Waals surface area contributed by atoms with Gasteiger partial charge in [-0.1, -0.05) is 0 Å². The molecule has 0 aliphatic rings. The topological polar surface area (TPSA) is 117 Å². The maximum absolute atomic E-state index is 7.50. The normalized spacial score (nSPS) is 6.54. The van der Waals surface area contributed by atoms with Crippen LogP contribution < -0.4 is 0 Å². The fraction of sp³-hybridized carbons (Fsp3) is 0.333. The molecule has 0 unspecified atom stereocenters. The Morgan fingerprint density at radius 1 is 0.917 bits per heavy atom. The Labute approximate surface area is 153 Å². The zero-order valence-electron chi connectivity index (χ0n) is 12.7. The first-order valence-electron chi connectivity index (χ1n) is 5.36. The fourth-order valence-electron chi connectivity index (χ4n) is 0.879. The van der Waals surface area contributed by atoms with E-state index < -0.39 is 0 Å². The molecule has 0 amide bonds. The zero-order chi connectivity index (χ0) is 19.4. The third-order valence-corrected chi connectivity index (χ3v) is 1.54. The summed E-state index contributed by atoms with van der Waals surface area (Å²) in [4.78, 5) is 37.5. The zero-order valence-corrected chi connectivity index (χ0v) is 14.0. The van der Waals surface area contributed by atoms with Gasteiger partial charge in [-0.15, -0.1) is 0 Å². The second-order valence-electron chi connectivity index (χ2n) is 2.63. The molecule has 0 fully saturated rings. The SMILES string of the molecule is COCCCCO[C]c1ccco1.[C]=O.[C]=O.[C]=O.[C]=O.[C]=O.[Cr]. The summed E-state index contributed by atoms with van der Waals surface area (Å²) in [5, 5.41) is 0. The standard InChI is InChI=1S/C10H14O3.5CO.Cr/c1-11-6-2-3-7-12-9-10-5-4-8-13-10;5*1-2;/h4-5,8H,2-3,6-7H2,1H3;;;;;;. The molecule has 1 rings (SSSR count). The van der Waals surface area contributed by atoms with Crippen molar-refractivity contribution >= 4 is 33.9 Å². The Balaban J connectivity index is -0.0000000634. The average Bonchev–Trinajstić information content (AvgIpc) is 3.20. The first kappa shape index (κ1) is 37.9. The van der Waals surface area contributed by atoms with Crippen molar-refractivity contribution in [1.29, 1.82) is 0 Å². The van der Waals surface area contributed by atoms with Gasteiger partial charge >= 0.3 is 0 Å². The Morgan fingerprint density at radius 3 is 1.75 bits per heavy atom. The molecule has 8 nitrogen and oxygen atoms in total. The van der Waals surface area contributed by atoms with Crippen molar-refractivity contribution in [2.24, 2.45) is 0 Å². The summed E-state index contributed by atoms with van der Waals surface area (Å²) in [6.07, 6.45) is 3.58. The number of ether oxygens (including phenoxy) is 2. The molecular formula is C15H14CrO8. The van der Waals surface area contributed by atoms with Crippen LogP contribution in [0.25, 0.3) is 0 Å². The van der Waals surface area contributed by atoms with E-state index in [0.29, 0.717) is 12.4 Å². The van der Waals surface area contributed by atoms with Crippen molar-refractivity contribution in [2.75, 3.05) is 20.3 Å². The summed E-state index contributed by atoms with van der Waals surface area (Å²) in [6, 6.07) is 3.60. The molecule has 0 aromatic carbocycles. The molecule has 0 saturated carbocycles. The minimum Gasteiger partial charge on any atom is -0.466 e. The average molecular weight is 374 g/mol. The molecule has 1 aromatic rings. The number of carbonyl (C=O) groups excluding carboxylic acids is 5. The van der Waals surface area contributed by atoms with Crippen LogP contribution >= 0.6 is 0 Å². The van der Waals surface area contributed by atoms with Gasteiger partial charge in [0.15, 0.2) is 0 Å². The molecule has 0 saturated heterocycles. The minimum atomic E-state index is 0. The van der Waals surface area contributed by atoms with Gasteiger partial charge in [-0.3, -0.25) is 24.0 Å². The number of hydrogen-bond acceptors (Lipinski definition) is 8. The summed E-state index contributed by atoms with van der Waals surface area (Å²) in [5.74, 6) is 0.631. The molecule has 1 aromatic heterocycles. The van der Waals surface area contributed by atoms with E-state index in [4.69, 9.17) is 37.9 Å². The van der Waals surface area contributed by atoms with Crippen LogP contribution in [-0.4, -0.2) is 54.3 Å². The van der Waals surface area contributed by atoms with Gasteiger partial charge in [-0.25, -0.2) is 0 Å². The fourth-order valence-corrected chi connectivity index (χ4v) is 0.879. The number of rotatable bonds is 7. The van der Waals surface area contributed by atoms with Crippen molar-refractivity contribution in [3.8, 4) is 0 Å². The molecule has 1 heterocycles. The van der Waals surface area contributed by atoms with Crippen LogP contribution in [0.5, 0.6) is 0 Å². The van der Waals surface area contributed by atoms with Crippen molar-refractivity contribution in [1.82, 2.24) is 0 Å². The summed E-state index contributed by atoms with van der Waals surface area (Å²) in [5.41, 5.74) is 0. The molecular weight excluding hydrogens is 360 g/mol. The van der Waals surface area contributed by atoms with Crippen molar-refractivity contribution in [3.05, 3.63) is 30.8 Å². The minimum absolute atomic E-state index is 0. The molecule has 24 heavy (non-hydrogen) atoms. The molecule has 128 valence electrons. The van der Waals surface area contributed by atoms with Crippen LogP contribution in [0.15, 0.2) is 22.8 Å². The molecule has 0 aliphatic carbocycles. The van der Waals surface area contributed by atoms with Crippen LogP contribution in [0.2, 0.25) is 0 Å². The van der Waals surface area contributed by atoms with Gasteiger partial charge < -0.3 is 13.9 Å². The van der Waals surface area contributed by atoms with Crippen LogP contribution in [0.3, 0.4) is 0 Å². The van der Waals surface area contributed by atoms with Gasteiger partial charge in [-0.05, 0) is 25.0 Å². The van der Waals surface area contributed by atoms with Crippen LogP contribution in [-0.2, 0) is 50.8 Å². The summed E-state index contributed by atoms with van der Waals surface area (Å²) in [6.45, 7) is 26.6. The Morgan fingerprint density at radius 2 is 1.38 bits per heavy atom. The van der Waals surface area contributed by atoms with E-state index in [0.717, 1.165) is 19.4 Å². The van der Waals surface area contributed by atoms with Crippen LogP contribution in [0.1, 0.15) is 18.6 Å². The van der Waals surface area contributed by atoms with Crippen molar-refractivity contribution < 1.29 is 55.2 Å². The Hall–Kier alpha value is -1.92. The Kier molecular flexibility index (Phi) is 92.1. The number of furan rings is 1. The van der Waals surface area contributed by atoms with Gasteiger partial charge in [0, 0.05) is 37.7 Å². The van der Waals surface area contributed by atoms with Gasteiger partial charge in [-0.2, -0.15) is 0 Å². The molecule has 12 radical (unpaired) electrons. The number of hydrogen-bond donors (Lipinski definition) is 0. The van der Waals surface area contributed by atoms with Crippen molar-refractivity contribution in [3.63, 3.8) is 0 Å². The largest absolute Gasteiger partial charge is 0.466 e. The van der Waals surface area contributed by atoms with E-state index in [2.05, 4.69) is 40.6 Å². The molecule has 0 spiro atoms. The van der Waals surface area contributed by atoms with Gasteiger partial charge in [0.25, 0.3) is 33.9 Å². The van der Waals surface area contributed by atoms with Crippen LogP contribution in [0.4, 0.5) is 0 Å². The van der Waals surface area contributed by atoms with E-state index in [-0.39, 0.29) is 17.4 Å². The maximum atomic E-state index is 7.50. The maximum Gasteiger partial charge on any atom is 0.281 e. The monoisotopic (exact) mass is 374 g/mol. The van der Waals surface area contributed by atoms with Gasteiger partial charge in [0.05, 0.1) is 6.26 Å². The predicted octanol–water partition coefficient (Wildman–Crippen LogP) is 0.122. The van der Waals surface area contributed by atoms with Gasteiger partial charge in [0.1, 0.15) is 5.76 Å². The van der Waals surface area contributed by atoms with E-state index in [1.54, 1.807) is 25.5 Å². The molecule has 9 heteroatoms. The molecule has 0 atom stereocenters. The quantitative estimate of drug-likeness (QED) is 0.618. The second-order valence-corrected chi connectivity index (χ2v) is 2.63. The van der Waals surface area contributed by atoms with E-state index in [9.17, 15) is 0 Å². The first-order chi connectivity index (χ1) is 11.4. The number of methoxy groups -OCH3 is 1. The van der Waals surface area contributed by atoms with Gasteiger partial charge in [0.2, 0.25) is 6.61 Å². The first-order valence-corrected chi connectivity index (χ1v) is 5.36. The second kappa shape index (κ2) is 58.2. The number of unbranched alkanes of at least 4 members (excludes halogenated alkanes) is 1. The third-order valence-electron chi connectivity index (χ3n) is 1.54.